The molecule has 8 heteroatoms. The molecule has 2 aromatic carbocycles. The second kappa shape index (κ2) is 13.4. The second-order valence-electron chi connectivity index (χ2n) is 12.9. The van der Waals surface area contributed by atoms with Gasteiger partial charge < -0.3 is 14.6 Å². The van der Waals surface area contributed by atoms with Crippen molar-refractivity contribution in [1.82, 2.24) is 19.4 Å². The summed E-state index contributed by atoms with van der Waals surface area (Å²) in [5.74, 6) is -1.52. The Hall–Kier alpha value is -3.68. The summed E-state index contributed by atoms with van der Waals surface area (Å²) in [6.07, 6.45) is 16.4. The zero-order valence-corrected chi connectivity index (χ0v) is 26.8. The molecule has 0 bridgehead atoms. The van der Waals surface area contributed by atoms with Crippen LogP contribution in [0.3, 0.4) is 0 Å². The number of halogens is 1. The van der Waals surface area contributed by atoms with E-state index in [9.17, 15) is 14.7 Å². The Labute approximate surface area is 271 Å². The fraction of sp³-hybridized carbons (Fsp3) is 0.432. The maximum absolute atomic E-state index is 14.2. The van der Waals surface area contributed by atoms with E-state index < -0.39 is 11.9 Å². The Bertz CT molecular complexity index is 1560. The van der Waals surface area contributed by atoms with Crippen LogP contribution in [0.15, 0.2) is 85.2 Å². The molecule has 1 N–H and O–H groups in total. The molecule has 6 rings (SSSR count). The number of imidazole rings is 1. The van der Waals surface area contributed by atoms with Gasteiger partial charge in [-0.05, 0) is 74.9 Å². The lowest BCUT2D eigenvalue weighted by molar-refractivity contribution is -0.143. The number of aromatic nitrogens is 2. The SMILES string of the molecule is CCC1(C2(c3ccccc3)CCN(Cc3ncn(Cc4ccc(Cl)cc4)c3C(=O)N3CCCC(C(=O)O)C3)CC2)C=CC=CC1. The first-order valence-electron chi connectivity index (χ1n) is 16.3. The van der Waals surface area contributed by atoms with Crippen LogP contribution in [-0.4, -0.2) is 62.5 Å². The third-order valence-electron chi connectivity index (χ3n) is 10.6. The number of hydrogen-bond acceptors (Lipinski definition) is 4. The number of nitrogens with zero attached hydrogens (tertiary/aromatic N) is 4. The summed E-state index contributed by atoms with van der Waals surface area (Å²) in [6, 6.07) is 18.7. The number of carbonyl (C=O) groups excluding carboxylic acids is 1. The Balaban J connectivity index is 1.27. The highest BCUT2D eigenvalue weighted by Gasteiger charge is 2.50. The maximum Gasteiger partial charge on any atom is 0.308 e. The number of hydrogen-bond donors (Lipinski definition) is 1. The molecule has 1 aliphatic carbocycles. The summed E-state index contributed by atoms with van der Waals surface area (Å²) in [5.41, 5.74) is 3.82. The molecule has 3 aliphatic rings. The van der Waals surface area contributed by atoms with E-state index in [1.807, 2.05) is 28.8 Å². The van der Waals surface area contributed by atoms with Gasteiger partial charge in [-0.3, -0.25) is 14.5 Å². The first-order chi connectivity index (χ1) is 21.8. The van der Waals surface area contributed by atoms with E-state index in [2.05, 4.69) is 66.5 Å². The predicted molar refractivity (Wildman–Crippen MR) is 177 cm³/mol. The van der Waals surface area contributed by atoms with E-state index in [1.165, 1.54) is 5.56 Å². The summed E-state index contributed by atoms with van der Waals surface area (Å²) < 4.78 is 1.93. The zero-order chi connectivity index (χ0) is 31.4. The number of carboxylic acids is 1. The number of likely N-dealkylation sites (tertiary alicyclic amines) is 2. The highest BCUT2D eigenvalue weighted by Crippen LogP contribution is 2.55. The maximum atomic E-state index is 14.2. The zero-order valence-electron chi connectivity index (χ0n) is 26.1. The van der Waals surface area contributed by atoms with E-state index in [0.29, 0.717) is 43.2 Å². The van der Waals surface area contributed by atoms with Gasteiger partial charge in [-0.1, -0.05) is 85.3 Å². The molecule has 3 aromatic rings. The van der Waals surface area contributed by atoms with Gasteiger partial charge in [0.25, 0.3) is 5.91 Å². The van der Waals surface area contributed by atoms with Gasteiger partial charge >= 0.3 is 5.97 Å². The van der Waals surface area contributed by atoms with Crippen molar-refractivity contribution < 1.29 is 14.7 Å². The average Bonchev–Trinajstić information content (AvgIpc) is 3.47. The normalized spacial score (nSPS) is 23.2. The molecule has 0 saturated carbocycles. The minimum absolute atomic E-state index is 0.0208. The summed E-state index contributed by atoms with van der Waals surface area (Å²) in [5, 5.41) is 10.3. The van der Waals surface area contributed by atoms with Crippen molar-refractivity contribution in [1.29, 1.82) is 0 Å². The summed E-state index contributed by atoms with van der Waals surface area (Å²) in [6.45, 7) is 5.96. The largest absolute Gasteiger partial charge is 0.481 e. The monoisotopic (exact) mass is 626 g/mol. The van der Waals surface area contributed by atoms with Gasteiger partial charge in [-0.2, -0.15) is 0 Å². The molecule has 2 unspecified atom stereocenters. The molecule has 45 heavy (non-hydrogen) atoms. The van der Waals surface area contributed by atoms with E-state index in [0.717, 1.165) is 50.0 Å². The molecule has 0 radical (unpaired) electrons. The van der Waals surface area contributed by atoms with Gasteiger partial charge in [0.2, 0.25) is 0 Å². The van der Waals surface area contributed by atoms with Crippen LogP contribution in [0.1, 0.15) is 72.8 Å². The number of rotatable bonds is 9. The quantitative estimate of drug-likeness (QED) is 0.278. The molecular formula is C37H43ClN4O3. The highest BCUT2D eigenvalue weighted by molar-refractivity contribution is 6.30. The summed E-state index contributed by atoms with van der Waals surface area (Å²) >= 11 is 6.14. The van der Waals surface area contributed by atoms with Gasteiger partial charge in [0, 0.05) is 42.0 Å². The van der Waals surface area contributed by atoms with Crippen LogP contribution in [0.2, 0.25) is 5.02 Å². The smallest absolute Gasteiger partial charge is 0.308 e. The van der Waals surface area contributed by atoms with Crippen molar-refractivity contribution in [3.05, 3.63) is 113 Å². The van der Waals surface area contributed by atoms with Crippen LogP contribution >= 0.6 is 11.6 Å². The standard InChI is InChI=1S/C37H43ClN4O3/c1-2-36(17-7-4-8-18-36)37(30-11-5-3-6-12-30)19-22-40(23-20-37)26-32-33(34(43)41-21-9-10-29(25-41)35(44)45)42(27-39-32)24-28-13-15-31(38)16-14-28/h3-8,11-17,27,29H,2,9-10,18-26H2,1H3,(H,44,45). The molecular weight excluding hydrogens is 584 g/mol. The topological polar surface area (TPSA) is 78.7 Å². The third-order valence-corrected chi connectivity index (χ3v) is 10.8. The number of piperidine rings is 2. The number of carbonyl (C=O) groups is 2. The highest BCUT2D eigenvalue weighted by atomic mass is 35.5. The first kappa shape index (κ1) is 31.3. The van der Waals surface area contributed by atoms with Crippen molar-refractivity contribution in [2.75, 3.05) is 26.2 Å². The van der Waals surface area contributed by atoms with E-state index in [-0.39, 0.29) is 23.3 Å². The van der Waals surface area contributed by atoms with Gasteiger partial charge in [0.05, 0.1) is 17.9 Å². The van der Waals surface area contributed by atoms with Crippen LogP contribution in [0.5, 0.6) is 0 Å². The fourth-order valence-electron chi connectivity index (χ4n) is 7.96. The fourth-order valence-corrected chi connectivity index (χ4v) is 8.09. The number of allylic oxidation sites excluding steroid dienone is 4. The predicted octanol–water partition coefficient (Wildman–Crippen LogP) is 6.97. The molecule has 2 saturated heterocycles. The number of benzene rings is 2. The molecule has 2 fully saturated rings. The second-order valence-corrected chi connectivity index (χ2v) is 13.4. The molecule has 2 atom stereocenters. The molecule has 236 valence electrons. The van der Waals surface area contributed by atoms with Crippen molar-refractivity contribution in [2.45, 2.75) is 64.0 Å². The Kier molecular flexibility index (Phi) is 9.29. The van der Waals surface area contributed by atoms with E-state index >= 15 is 0 Å². The van der Waals surface area contributed by atoms with Crippen molar-refractivity contribution in [3.8, 4) is 0 Å². The first-order valence-corrected chi connectivity index (χ1v) is 16.6. The third kappa shape index (κ3) is 6.25. The minimum atomic E-state index is -0.842. The summed E-state index contributed by atoms with van der Waals surface area (Å²) in [7, 11) is 0. The van der Waals surface area contributed by atoms with Crippen LogP contribution < -0.4 is 0 Å². The Morgan fingerprint density at radius 2 is 1.76 bits per heavy atom. The summed E-state index contributed by atoms with van der Waals surface area (Å²) in [4.78, 5) is 34.9. The van der Waals surface area contributed by atoms with Gasteiger partial charge in [0.15, 0.2) is 0 Å². The van der Waals surface area contributed by atoms with Gasteiger partial charge in [-0.15, -0.1) is 0 Å². The number of amides is 1. The molecule has 2 aliphatic heterocycles. The van der Waals surface area contributed by atoms with E-state index in [1.54, 1.807) is 11.2 Å². The van der Waals surface area contributed by atoms with Gasteiger partial charge in [0.1, 0.15) is 5.69 Å². The Morgan fingerprint density at radius 3 is 2.42 bits per heavy atom. The molecule has 0 spiro atoms. The van der Waals surface area contributed by atoms with Crippen molar-refractivity contribution in [2.24, 2.45) is 11.3 Å². The average molecular weight is 627 g/mol. The lowest BCUT2D eigenvalue weighted by atomic mass is 9.52. The minimum Gasteiger partial charge on any atom is -0.481 e. The number of carboxylic acid groups (broad SMARTS) is 1. The van der Waals surface area contributed by atoms with Crippen LogP contribution in [0.4, 0.5) is 0 Å². The van der Waals surface area contributed by atoms with Gasteiger partial charge in [-0.25, -0.2) is 4.98 Å². The van der Waals surface area contributed by atoms with Crippen molar-refractivity contribution >= 4 is 23.5 Å². The van der Waals surface area contributed by atoms with Crippen LogP contribution in [0, 0.1) is 11.3 Å². The lowest BCUT2D eigenvalue weighted by Crippen LogP contribution is -2.52. The van der Waals surface area contributed by atoms with E-state index in [4.69, 9.17) is 16.6 Å². The molecule has 1 aromatic heterocycles. The Morgan fingerprint density at radius 1 is 1.00 bits per heavy atom. The van der Waals surface area contributed by atoms with Crippen LogP contribution in [0.25, 0.3) is 0 Å². The molecule has 7 nitrogen and oxygen atoms in total. The lowest BCUT2D eigenvalue weighted by Gasteiger charge is -2.54. The number of aliphatic carboxylic acids is 1. The molecule has 1 amide bonds. The van der Waals surface area contributed by atoms with Crippen molar-refractivity contribution in [3.63, 3.8) is 0 Å². The van der Waals surface area contributed by atoms with Crippen LogP contribution in [-0.2, 0) is 23.3 Å². The molecule has 3 heterocycles.